The molecule has 0 aliphatic carbocycles. The van der Waals surface area contributed by atoms with Crippen LogP contribution in [0.5, 0.6) is 0 Å². The van der Waals surface area contributed by atoms with Gasteiger partial charge in [0.05, 0.1) is 51.1 Å². The fourth-order valence-electron chi connectivity index (χ4n) is 9.39. The zero-order valence-corrected chi connectivity index (χ0v) is 47.9. The molecule has 33 heteroatoms. The standard InChI is InChI=1S/C55H75N15O18/c56-34(22-31-10-3-1-4-11-31)53(87)69-20-9-16-40(69)52(86)67-35(14-7-19-59-55(57)58)54(88)70-21-8-15-39(70)51(85)63-27-42(73)60-26-41(72)61-28-43(74)65-37(24-46(78)79)48(82)62-29-44(75)66-38(25-47(80)81)50(84)68-36(23-32-12-5-2-6-13-32)49(83)64-33(30-71)17-18-45(76)77/h1-6,10-13,30,33-40H,7-9,14-29,56H2,(H,60,73)(H,61,72)(H,62,82)(H,63,85)(H,64,83)(H,65,74)(H,66,75)(H,67,86)(H,68,84)(H,76,77)(H,78,79)(H,80,81)(H4,57,58,59)/t33-,34+,35-,36-,37-,38-,39-,40-/m0/s1. The highest BCUT2D eigenvalue weighted by molar-refractivity contribution is 5.99. The molecule has 0 radical (unpaired) electrons. The van der Waals surface area contributed by atoms with Crippen LogP contribution in [0.1, 0.15) is 75.3 Å². The van der Waals surface area contributed by atoms with Crippen molar-refractivity contribution in [1.82, 2.24) is 57.7 Å². The number of likely N-dealkylation sites (tertiary alicyclic amines) is 2. The van der Waals surface area contributed by atoms with E-state index in [-0.39, 0.29) is 64.1 Å². The number of nitrogens with zero attached hydrogens (tertiary/aromatic N) is 3. The normalized spacial score (nSPS) is 16.2. The van der Waals surface area contributed by atoms with Gasteiger partial charge >= 0.3 is 17.9 Å². The van der Waals surface area contributed by atoms with Gasteiger partial charge in [-0.1, -0.05) is 60.7 Å². The van der Waals surface area contributed by atoms with Gasteiger partial charge in [0, 0.05) is 32.5 Å². The van der Waals surface area contributed by atoms with Gasteiger partial charge in [0.25, 0.3) is 0 Å². The smallest absolute Gasteiger partial charge is 0.305 e. The molecule has 8 atom stereocenters. The molecule has 4 rings (SSSR count). The van der Waals surface area contributed by atoms with Gasteiger partial charge < -0.3 is 95.0 Å². The zero-order chi connectivity index (χ0) is 64.9. The Morgan fingerprint density at radius 2 is 1.02 bits per heavy atom. The molecule has 0 bridgehead atoms. The number of carboxylic acid groups (broad SMARTS) is 3. The van der Waals surface area contributed by atoms with Crippen molar-refractivity contribution < 1.29 is 87.2 Å². The molecular formula is C55H75N15O18. The molecule has 2 aliphatic heterocycles. The molecule has 11 amide bonds. The number of amides is 11. The Labute approximate surface area is 503 Å². The van der Waals surface area contributed by atoms with Crippen LogP contribution in [0.25, 0.3) is 0 Å². The molecule has 2 aliphatic rings. The van der Waals surface area contributed by atoms with E-state index in [0.29, 0.717) is 31.1 Å². The first-order valence-corrected chi connectivity index (χ1v) is 28.0. The van der Waals surface area contributed by atoms with Crippen molar-refractivity contribution in [2.45, 2.75) is 125 Å². The van der Waals surface area contributed by atoms with Crippen LogP contribution in [0.2, 0.25) is 0 Å². The van der Waals surface area contributed by atoms with Crippen LogP contribution >= 0.6 is 0 Å². The molecule has 88 heavy (non-hydrogen) atoms. The predicted octanol–water partition coefficient (Wildman–Crippen LogP) is -6.26. The molecule has 0 spiro atoms. The van der Waals surface area contributed by atoms with Crippen molar-refractivity contribution in [2.24, 2.45) is 22.2 Å². The van der Waals surface area contributed by atoms with E-state index in [1.165, 1.54) is 9.80 Å². The highest BCUT2D eigenvalue weighted by Crippen LogP contribution is 2.23. The molecule has 478 valence electrons. The highest BCUT2D eigenvalue weighted by atomic mass is 16.4. The van der Waals surface area contributed by atoms with Crippen molar-refractivity contribution in [3.05, 3.63) is 71.8 Å². The summed E-state index contributed by atoms with van der Waals surface area (Å²) in [6.07, 6.45) is -0.865. The average molecular weight is 1230 g/mol. The molecule has 2 aromatic carbocycles. The van der Waals surface area contributed by atoms with Crippen molar-refractivity contribution in [1.29, 1.82) is 0 Å². The van der Waals surface area contributed by atoms with Crippen molar-refractivity contribution in [2.75, 3.05) is 45.8 Å². The van der Waals surface area contributed by atoms with Gasteiger partial charge in [0.15, 0.2) is 5.96 Å². The van der Waals surface area contributed by atoms with E-state index in [1.54, 1.807) is 30.3 Å². The van der Waals surface area contributed by atoms with E-state index >= 15 is 0 Å². The molecule has 18 N–H and O–H groups in total. The topological polar surface area (TPSA) is 522 Å². The van der Waals surface area contributed by atoms with E-state index < -0.39 is 177 Å². The number of aliphatic carboxylic acids is 3. The lowest BCUT2D eigenvalue weighted by Crippen LogP contribution is -2.57. The van der Waals surface area contributed by atoms with Crippen molar-refractivity contribution >= 4 is 95.1 Å². The Morgan fingerprint density at radius 3 is 1.56 bits per heavy atom. The lowest BCUT2D eigenvalue weighted by Gasteiger charge is -2.31. The van der Waals surface area contributed by atoms with Crippen LogP contribution in [0.4, 0.5) is 0 Å². The Morgan fingerprint density at radius 1 is 0.534 bits per heavy atom. The fraction of sp³-hybridized carbons (Fsp3) is 0.491. The van der Waals surface area contributed by atoms with Crippen molar-refractivity contribution in [3.8, 4) is 0 Å². The fourth-order valence-corrected chi connectivity index (χ4v) is 9.39. The minimum atomic E-state index is -1.89. The number of hydrogen-bond acceptors (Lipinski definition) is 17. The van der Waals surface area contributed by atoms with Gasteiger partial charge in [-0.15, -0.1) is 0 Å². The molecule has 33 nitrogen and oxygen atoms in total. The van der Waals surface area contributed by atoms with E-state index in [4.69, 9.17) is 22.3 Å². The van der Waals surface area contributed by atoms with Crippen molar-refractivity contribution in [3.63, 3.8) is 0 Å². The third kappa shape index (κ3) is 24.5. The summed E-state index contributed by atoms with van der Waals surface area (Å²) in [5.74, 6) is -14.5. The second-order valence-corrected chi connectivity index (χ2v) is 20.5. The average Bonchev–Trinajstić information content (AvgIpc) is 4.35. The van der Waals surface area contributed by atoms with Crippen LogP contribution in [-0.4, -0.2) is 214 Å². The molecule has 0 aromatic heterocycles. The van der Waals surface area contributed by atoms with Crippen LogP contribution in [0.3, 0.4) is 0 Å². The maximum absolute atomic E-state index is 14.2. The van der Waals surface area contributed by atoms with Crippen LogP contribution in [0, 0.1) is 0 Å². The number of carbonyl (C=O) groups excluding carboxylic acids is 12. The van der Waals surface area contributed by atoms with Gasteiger partial charge in [0.2, 0.25) is 65.0 Å². The molecular weight excluding hydrogens is 1160 g/mol. The minimum Gasteiger partial charge on any atom is -0.481 e. The second-order valence-electron chi connectivity index (χ2n) is 20.5. The molecule has 2 fully saturated rings. The minimum absolute atomic E-state index is 0.0499. The van der Waals surface area contributed by atoms with Crippen LogP contribution in [0.15, 0.2) is 65.7 Å². The summed E-state index contributed by atoms with van der Waals surface area (Å²) in [7, 11) is 0. The number of aldehydes is 1. The van der Waals surface area contributed by atoms with E-state index in [2.05, 4.69) is 47.5 Å². The maximum atomic E-state index is 14.2. The predicted molar refractivity (Wildman–Crippen MR) is 307 cm³/mol. The van der Waals surface area contributed by atoms with Gasteiger partial charge in [-0.25, -0.2) is 0 Å². The number of carboxylic acids is 3. The molecule has 0 saturated carbocycles. The number of hydrogen-bond donors (Lipinski definition) is 15. The third-order valence-electron chi connectivity index (χ3n) is 13.7. The van der Waals surface area contributed by atoms with E-state index in [0.717, 1.165) is 5.56 Å². The van der Waals surface area contributed by atoms with Crippen LogP contribution in [-0.2, 0) is 84.8 Å². The van der Waals surface area contributed by atoms with Gasteiger partial charge in [-0.3, -0.25) is 72.1 Å². The summed E-state index contributed by atoms with van der Waals surface area (Å²) in [6.45, 7) is -2.80. The second kappa shape index (κ2) is 36.0. The lowest BCUT2D eigenvalue weighted by atomic mass is 10.0. The number of guanidine groups is 1. The Balaban J connectivity index is 1.26. The Hall–Kier alpha value is -10.1. The summed E-state index contributed by atoms with van der Waals surface area (Å²) < 4.78 is 0. The van der Waals surface area contributed by atoms with E-state index in [9.17, 15) is 82.1 Å². The number of nitrogens with two attached hydrogens (primary N) is 3. The first kappa shape index (κ1) is 70.4. The van der Waals surface area contributed by atoms with E-state index in [1.807, 2.05) is 35.6 Å². The Bertz CT molecular complexity index is 2880. The Kier molecular flexibility index (Phi) is 28.8. The number of rotatable bonds is 36. The molecule has 0 unspecified atom stereocenters. The third-order valence-corrected chi connectivity index (χ3v) is 13.7. The molecule has 2 saturated heterocycles. The maximum Gasteiger partial charge on any atom is 0.305 e. The summed E-state index contributed by atoms with van der Waals surface area (Å²) in [6, 6.07) is 6.58. The molecule has 2 heterocycles. The monoisotopic (exact) mass is 1230 g/mol. The first-order chi connectivity index (χ1) is 41.8. The lowest BCUT2D eigenvalue weighted by molar-refractivity contribution is -0.144. The molecule has 2 aromatic rings. The van der Waals surface area contributed by atoms with Gasteiger partial charge in [0.1, 0.15) is 42.5 Å². The summed E-state index contributed by atoms with van der Waals surface area (Å²) in [4.78, 5) is 199. The van der Waals surface area contributed by atoms with Gasteiger partial charge in [-0.2, -0.15) is 0 Å². The first-order valence-electron chi connectivity index (χ1n) is 28.0. The number of carbonyl (C=O) groups is 15. The highest BCUT2D eigenvalue weighted by Gasteiger charge is 2.41. The number of nitrogens with one attached hydrogen (secondary N) is 9. The van der Waals surface area contributed by atoms with Gasteiger partial charge in [-0.05, 0) is 62.5 Å². The SMILES string of the molecule is NC(N)=NCCC[C@H](NC(=O)[C@@H]1CCCN1C(=O)[C@H](N)Cc1ccccc1)C(=O)N1CCC[C@H]1C(=O)NCC(=O)NCC(=O)NCC(=O)N[C@@H](CC(=O)O)C(=O)NCC(=O)N[C@@H](CC(=O)O)C(=O)N[C@@H](Cc1ccccc1)C(=O)N[C@H](C=O)CCC(=O)O. The largest absolute Gasteiger partial charge is 0.481 e. The zero-order valence-electron chi connectivity index (χ0n) is 47.9. The summed E-state index contributed by atoms with van der Waals surface area (Å²) in [5.41, 5.74) is 18.6. The number of benzene rings is 2. The number of aliphatic imine (C=N–C) groups is 1. The quantitative estimate of drug-likeness (QED) is 0.0131. The summed E-state index contributed by atoms with van der Waals surface area (Å²) >= 11 is 0. The summed E-state index contributed by atoms with van der Waals surface area (Å²) in [5, 5.41) is 48.4. The van der Waals surface area contributed by atoms with Crippen LogP contribution < -0.4 is 65.1 Å².